The number of aromatic nitrogens is 1. The maximum atomic E-state index is 13.1. The maximum Gasteiger partial charge on any atom is 0.416 e. The Kier molecular flexibility index (Phi) is 7.68. The van der Waals surface area contributed by atoms with Crippen molar-refractivity contribution in [3.63, 3.8) is 0 Å². The van der Waals surface area contributed by atoms with Crippen LogP contribution < -0.4 is 9.64 Å². The summed E-state index contributed by atoms with van der Waals surface area (Å²) in [7, 11) is 5.24. The first-order valence-electron chi connectivity index (χ1n) is 8.78. The number of thiazole rings is 1. The minimum Gasteiger partial charge on any atom is -0.494 e. The first-order valence-corrected chi connectivity index (χ1v) is 9.59. The number of carbonyl (C=O) groups is 1. The summed E-state index contributed by atoms with van der Waals surface area (Å²) in [5.74, 6) is 0.0417. The number of ether oxygens (including phenoxy) is 1. The lowest BCUT2D eigenvalue weighted by Crippen LogP contribution is -2.36. The van der Waals surface area contributed by atoms with Gasteiger partial charge in [-0.2, -0.15) is 13.2 Å². The van der Waals surface area contributed by atoms with E-state index in [2.05, 4.69) is 4.98 Å². The zero-order valence-corrected chi connectivity index (χ0v) is 18.2. The van der Waals surface area contributed by atoms with Crippen LogP contribution in [0.25, 0.3) is 10.2 Å². The third-order valence-electron chi connectivity index (χ3n) is 4.27. The molecule has 162 valence electrons. The fourth-order valence-electron chi connectivity index (χ4n) is 2.76. The number of hydrogen-bond donors (Lipinski definition) is 0. The number of hydrogen-bond acceptors (Lipinski definition) is 5. The Morgan fingerprint density at radius 2 is 1.83 bits per heavy atom. The van der Waals surface area contributed by atoms with E-state index in [0.717, 1.165) is 16.8 Å². The van der Waals surface area contributed by atoms with E-state index in [0.29, 0.717) is 22.9 Å². The second-order valence-electron chi connectivity index (χ2n) is 6.64. The van der Waals surface area contributed by atoms with Gasteiger partial charge in [0.1, 0.15) is 11.3 Å². The molecule has 0 fully saturated rings. The van der Waals surface area contributed by atoms with Crippen molar-refractivity contribution in [3.8, 4) is 5.75 Å². The summed E-state index contributed by atoms with van der Waals surface area (Å²) in [6.07, 6.45) is -4.52. The first-order chi connectivity index (χ1) is 13.7. The summed E-state index contributed by atoms with van der Waals surface area (Å²) in [5.41, 5.74) is -0.284. The molecule has 0 saturated heterocycles. The molecule has 2 aromatic carbocycles. The first kappa shape index (κ1) is 23.9. The highest BCUT2D eigenvalue weighted by atomic mass is 35.5. The SMILES string of the molecule is COc1cccc2sc(N(CCN(C)C)C(=O)c3cccc(C(F)(F)F)c3)nc12.Cl. The molecular weight excluding hydrogens is 439 g/mol. The summed E-state index contributed by atoms with van der Waals surface area (Å²) in [6, 6.07) is 9.89. The third kappa shape index (κ3) is 5.21. The van der Waals surface area contributed by atoms with Crippen LogP contribution in [0.5, 0.6) is 5.75 Å². The van der Waals surface area contributed by atoms with Gasteiger partial charge in [-0.15, -0.1) is 12.4 Å². The molecule has 0 spiro atoms. The summed E-state index contributed by atoms with van der Waals surface area (Å²) in [4.78, 5) is 21.0. The Morgan fingerprint density at radius 3 is 2.47 bits per heavy atom. The summed E-state index contributed by atoms with van der Waals surface area (Å²) in [5, 5.41) is 0.411. The molecular formula is C20H21ClF3N3O2S. The van der Waals surface area contributed by atoms with E-state index in [4.69, 9.17) is 4.74 Å². The summed E-state index contributed by atoms with van der Waals surface area (Å²) < 4.78 is 45.4. The quantitative estimate of drug-likeness (QED) is 0.523. The molecule has 10 heteroatoms. The standard InChI is InChI=1S/C20H20F3N3O2S.ClH/c1-25(2)10-11-26(18(27)13-6-4-7-14(12-13)20(21,22)23)19-24-17-15(28-3)8-5-9-16(17)29-19;/h4-9,12H,10-11H2,1-3H3;1H. The Balaban J connectivity index is 0.00000320. The highest BCUT2D eigenvalue weighted by Crippen LogP contribution is 2.35. The zero-order chi connectivity index (χ0) is 21.2. The van der Waals surface area contributed by atoms with Crippen LogP contribution in [0.3, 0.4) is 0 Å². The minimum atomic E-state index is -4.52. The van der Waals surface area contributed by atoms with E-state index in [1.165, 1.54) is 35.5 Å². The number of halogens is 4. The van der Waals surface area contributed by atoms with Crippen LogP contribution >= 0.6 is 23.7 Å². The Bertz CT molecular complexity index is 1020. The van der Waals surface area contributed by atoms with Gasteiger partial charge in [0.2, 0.25) is 0 Å². The van der Waals surface area contributed by atoms with Crippen LogP contribution in [0.4, 0.5) is 18.3 Å². The van der Waals surface area contributed by atoms with Gasteiger partial charge in [0.15, 0.2) is 5.13 Å². The van der Waals surface area contributed by atoms with Gasteiger partial charge in [0, 0.05) is 18.7 Å². The molecule has 3 aromatic rings. The number of fused-ring (bicyclic) bond motifs is 1. The van der Waals surface area contributed by atoms with Crippen LogP contribution in [-0.2, 0) is 6.18 Å². The van der Waals surface area contributed by atoms with Gasteiger partial charge in [0.05, 0.1) is 17.4 Å². The molecule has 0 aliphatic heterocycles. The van der Waals surface area contributed by atoms with Crippen molar-refractivity contribution in [2.24, 2.45) is 0 Å². The molecule has 1 aromatic heterocycles. The van der Waals surface area contributed by atoms with Gasteiger partial charge in [-0.05, 0) is 44.4 Å². The van der Waals surface area contributed by atoms with E-state index >= 15 is 0 Å². The van der Waals surface area contributed by atoms with E-state index in [1.807, 2.05) is 31.1 Å². The van der Waals surface area contributed by atoms with Crippen LogP contribution in [0, 0.1) is 0 Å². The fourth-order valence-corrected chi connectivity index (χ4v) is 3.77. The monoisotopic (exact) mass is 459 g/mol. The predicted molar refractivity (Wildman–Crippen MR) is 115 cm³/mol. The van der Waals surface area contributed by atoms with Crippen LogP contribution in [-0.4, -0.2) is 50.1 Å². The normalized spacial score (nSPS) is 11.4. The van der Waals surface area contributed by atoms with E-state index in [-0.39, 0.29) is 24.5 Å². The lowest BCUT2D eigenvalue weighted by molar-refractivity contribution is -0.137. The fraction of sp³-hybridized carbons (Fsp3) is 0.300. The molecule has 0 bridgehead atoms. The van der Waals surface area contributed by atoms with Gasteiger partial charge >= 0.3 is 6.18 Å². The molecule has 5 nitrogen and oxygen atoms in total. The van der Waals surface area contributed by atoms with Crippen LogP contribution in [0.2, 0.25) is 0 Å². The maximum absolute atomic E-state index is 13.1. The number of anilines is 1. The van der Waals surface area contributed by atoms with Gasteiger partial charge in [0.25, 0.3) is 5.91 Å². The largest absolute Gasteiger partial charge is 0.494 e. The Hall–Kier alpha value is -2.36. The number of para-hydroxylation sites is 1. The second-order valence-corrected chi connectivity index (χ2v) is 7.65. The molecule has 0 N–H and O–H groups in total. The highest BCUT2D eigenvalue weighted by Gasteiger charge is 2.32. The number of benzene rings is 2. The van der Waals surface area contributed by atoms with Crippen molar-refractivity contribution in [2.75, 3.05) is 39.2 Å². The molecule has 0 radical (unpaired) electrons. The smallest absolute Gasteiger partial charge is 0.416 e. The van der Waals surface area contributed by atoms with Crippen molar-refractivity contribution in [1.82, 2.24) is 9.88 Å². The summed E-state index contributed by atoms with van der Waals surface area (Å²) >= 11 is 1.29. The molecule has 0 aliphatic rings. The number of nitrogens with zero attached hydrogens (tertiary/aromatic N) is 3. The Morgan fingerprint density at radius 1 is 1.13 bits per heavy atom. The molecule has 1 heterocycles. The molecule has 1 amide bonds. The predicted octanol–water partition coefficient (Wildman–Crippen LogP) is 4.95. The van der Waals surface area contributed by atoms with Crippen LogP contribution in [0.1, 0.15) is 15.9 Å². The Labute approximate surface area is 182 Å². The van der Waals surface area contributed by atoms with Gasteiger partial charge < -0.3 is 9.64 Å². The average molecular weight is 460 g/mol. The van der Waals surface area contributed by atoms with E-state index in [9.17, 15) is 18.0 Å². The van der Waals surface area contributed by atoms with E-state index < -0.39 is 17.6 Å². The number of likely N-dealkylation sites (N-methyl/N-ethyl adjacent to an activating group) is 1. The van der Waals surface area contributed by atoms with Crippen molar-refractivity contribution < 1.29 is 22.7 Å². The van der Waals surface area contributed by atoms with Gasteiger partial charge in [-0.3, -0.25) is 9.69 Å². The van der Waals surface area contributed by atoms with E-state index in [1.54, 1.807) is 6.07 Å². The van der Waals surface area contributed by atoms with Crippen molar-refractivity contribution >= 4 is 45.0 Å². The molecule has 0 saturated carbocycles. The number of carbonyl (C=O) groups excluding carboxylic acids is 1. The third-order valence-corrected chi connectivity index (χ3v) is 5.32. The molecule has 0 unspecified atom stereocenters. The lowest BCUT2D eigenvalue weighted by atomic mass is 10.1. The molecule has 3 rings (SSSR count). The average Bonchev–Trinajstić information content (AvgIpc) is 3.11. The lowest BCUT2D eigenvalue weighted by Gasteiger charge is -2.22. The van der Waals surface area contributed by atoms with Gasteiger partial charge in [-0.25, -0.2) is 4.98 Å². The number of methoxy groups -OCH3 is 1. The van der Waals surface area contributed by atoms with Crippen molar-refractivity contribution in [1.29, 1.82) is 0 Å². The van der Waals surface area contributed by atoms with Crippen LogP contribution in [0.15, 0.2) is 42.5 Å². The number of rotatable bonds is 6. The topological polar surface area (TPSA) is 45.7 Å². The number of amides is 1. The van der Waals surface area contributed by atoms with Gasteiger partial charge in [-0.1, -0.05) is 23.5 Å². The molecule has 30 heavy (non-hydrogen) atoms. The molecule has 0 aliphatic carbocycles. The molecule has 0 atom stereocenters. The zero-order valence-electron chi connectivity index (χ0n) is 16.6. The highest BCUT2D eigenvalue weighted by molar-refractivity contribution is 7.22. The number of alkyl halides is 3. The minimum absolute atomic E-state index is 0. The summed E-state index contributed by atoms with van der Waals surface area (Å²) in [6.45, 7) is 0.808. The van der Waals surface area contributed by atoms with Crippen molar-refractivity contribution in [2.45, 2.75) is 6.18 Å². The second kappa shape index (κ2) is 9.63. The van der Waals surface area contributed by atoms with Crippen molar-refractivity contribution in [3.05, 3.63) is 53.6 Å².